The molecule has 0 aliphatic heterocycles. The third kappa shape index (κ3) is 8.09. The third-order valence-electron chi connectivity index (χ3n) is 1.58. The van der Waals surface area contributed by atoms with Crippen LogP contribution in [0.5, 0.6) is 0 Å². The molecule has 0 aliphatic carbocycles. The van der Waals surface area contributed by atoms with Gasteiger partial charge in [0.1, 0.15) is 18.8 Å². The van der Waals surface area contributed by atoms with Crippen molar-refractivity contribution in [3.8, 4) is 0 Å². The topological polar surface area (TPSA) is 102 Å². The molecule has 0 spiro atoms. The summed E-state index contributed by atoms with van der Waals surface area (Å²) in [6, 6.07) is 0. The largest absolute Gasteiger partial charge is 0.457 e. The van der Waals surface area contributed by atoms with E-state index in [-0.39, 0.29) is 13.2 Å². The summed E-state index contributed by atoms with van der Waals surface area (Å²) in [5.41, 5.74) is 0. The van der Waals surface area contributed by atoms with Gasteiger partial charge in [-0.2, -0.15) is 4.91 Å². The first-order chi connectivity index (χ1) is 7.99. The first kappa shape index (κ1) is 15.2. The minimum atomic E-state index is -0.769. The maximum atomic E-state index is 11.1. The number of aliphatic hydroxyl groups is 1. The van der Waals surface area contributed by atoms with E-state index in [4.69, 9.17) is 9.84 Å². The predicted molar refractivity (Wildman–Crippen MR) is 58.0 cm³/mol. The van der Waals surface area contributed by atoms with E-state index in [1.807, 2.05) is 0 Å². The van der Waals surface area contributed by atoms with Gasteiger partial charge >= 0.3 is 11.9 Å². The number of carbonyl (C=O) groups is 2. The van der Waals surface area contributed by atoms with E-state index in [2.05, 4.69) is 9.91 Å². The minimum Gasteiger partial charge on any atom is -0.457 e. The van der Waals surface area contributed by atoms with Crippen LogP contribution in [0.1, 0.15) is 13.8 Å². The number of esters is 2. The van der Waals surface area contributed by atoms with Crippen molar-refractivity contribution >= 4 is 11.9 Å². The zero-order chi connectivity index (χ0) is 13.3. The second-order valence-corrected chi connectivity index (χ2v) is 3.32. The summed E-state index contributed by atoms with van der Waals surface area (Å²) in [6.45, 7) is 2.55. The SMILES string of the molecule is CC(CO)OC(=O)/C=C/C(=O)OC(C)CN=O. The Hall–Kier alpha value is -1.76. The molecule has 0 saturated heterocycles. The smallest absolute Gasteiger partial charge is 0.331 e. The molecule has 0 fully saturated rings. The van der Waals surface area contributed by atoms with E-state index in [0.29, 0.717) is 0 Å². The summed E-state index contributed by atoms with van der Waals surface area (Å²) < 4.78 is 9.35. The zero-order valence-corrected chi connectivity index (χ0v) is 9.66. The Labute approximate surface area is 98.4 Å². The van der Waals surface area contributed by atoms with Gasteiger partial charge < -0.3 is 14.6 Å². The van der Waals surface area contributed by atoms with Gasteiger partial charge in [0, 0.05) is 12.2 Å². The van der Waals surface area contributed by atoms with Gasteiger partial charge in [0.15, 0.2) is 0 Å². The van der Waals surface area contributed by atoms with Crippen molar-refractivity contribution in [2.75, 3.05) is 13.2 Å². The molecule has 2 unspecified atom stereocenters. The summed E-state index contributed by atoms with van der Waals surface area (Å²) in [4.78, 5) is 32.0. The average Bonchev–Trinajstić information content (AvgIpc) is 2.26. The van der Waals surface area contributed by atoms with Crippen molar-refractivity contribution in [3.63, 3.8) is 0 Å². The summed E-state index contributed by atoms with van der Waals surface area (Å²) in [5.74, 6) is -1.53. The van der Waals surface area contributed by atoms with Crippen LogP contribution < -0.4 is 0 Å². The number of hydrogen-bond acceptors (Lipinski definition) is 7. The molecule has 7 nitrogen and oxygen atoms in total. The van der Waals surface area contributed by atoms with Gasteiger partial charge in [-0.05, 0) is 13.8 Å². The maximum Gasteiger partial charge on any atom is 0.331 e. The van der Waals surface area contributed by atoms with E-state index in [1.165, 1.54) is 13.8 Å². The minimum absolute atomic E-state index is 0.147. The van der Waals surface area contributed by atoms with Crippen molar-refractivity contribution < 1.29 is 24.2 Å². The Balaban J connectivity index is 4.02. The monoisotopic (exact) mass is 245 g/mol. The Kier molecular flexibility index (Phi) is 7.53. The van der Waals surface area contributed by atoms with Crippen LogP contribution in [0.3, 0.4) is 0 Å². The fourth-order valence-corrected chi connectivity index (χ4v) is 0.791. The van der Waals surface area contributed by atoms with Crippen molar-refractivity contribution in [3.05, 3.63) is 17.1 Å². The van der Waals surface area contributed by atoms with Crippen molar-refractivity contribution in [2.45, 2.75) is 26.1 Å². The molecule has 96 valence electrons. The Morgan fingerprint density at radius 2 is 1.65 bits per heavy atom. The highest BCUT2D eigenvalue weighted by atomic mass is 16.6. The van der Waals surface area contributed by atoms with Crippen LogP contribution in [0.15, 0.2) is 17.3 Å². The van der Waals surface area contributed by atoms with E-state index < -0.39 is 24.1 Å². The first-order valence-corrected chi connectivity index (χ1v) is 4.98. The highest BCUT2D eigenvalue weighted by molar-refractivity contribution is 5.91. The standard InChI is InChI=1S/C10H15NO6/c1-7(5-11-15)16-9(13)3-4-10(14)17-8(2)6-12/h3-4,7-8,12H,5-6H2,1-2H3/b4-3+. The van der Waals surface area contributed by atoms with Crippen LogP contribution in [0, 0.1) is 4.91 Å². The lowest BCUT2D eigenvalue weighted by Crippen LogP contribution is -2.18. The van der Waals surface area contributed by atoms with Gasteiger partial charge in [0.05, 0.1) is 6.61 Å². The molecule has 0 aromatic heterocycles. The van der Waals surface area contributed by atoms with E-state index in [0.717, 1.165) is 12.2 Å². The van der Waals surface area contributed by atoms with Crippen LogP contribution in [0.2, 0.25) is 0 Å². The molecule has 1 N–H and O–H groups in total. The number of ether oxygens (including phenoxy) is 2. The summed E-state index contributed by atoms with van der Waals surface area (Å²) in [5, 5.41) is 11.2. The number of aliphatic hydroxyl groups excluding tert-OH is 1. The second kappa shape index (κ2) is 8.40. The predicted octanol–water partition coefficient (Wildman–Crippen LogP) is 0.165. The molecule has 0 bridgehead atoms. The molecule has 0 heterocycles. The molecule has 17 heavy (non-hydrogen) atoms. The molecule has 0 amide bonds. The van der Waals surface area contributed by atoms with Gasteiger partial charge in [0.2, 0.25) is 0 Å². The molecular formula is C10H15NO6. The van der Waals surface area contributed by atoms with E-state index in [9.17, 15) is 14.5 Å². The molecule has 0 rings (SSSR count). The molecular weight excluding hydrogens is 230 g/mol. The molecule has 0 aromatic carbocycles. The summed E-state index contributed by atoms with van der Waals surface area (Å²) in [7, 11) is 0. The molecule has 0 radical (unpaired) electrons. The lowest BCUT2D eigenvalue weighted by Gasteiger charge is -2.08. The Bertz CT molecular complexity index is 301. The van der Waals surface area contributed by atoms with Crippen LogP contribution >= 0.6 is 0 Å². The quantitative estimate of drug-likeness (QED) is 0.389. The van der Waals surface area contributed by atoms with E-state index in [1.54, 1.807) is 0 Å². The maximum absolute atomic E-state index is 11.1. The van der Waals surface area contributed by atoms with E-state index >= 15 is 0 Å². The molecule has 2 atom stereocenters. The van der Waals surface area contributed by atoms with Gasteiger partial charge in [-0.1, -0.05) is 5.18 Å². The summed E-state index contributed by atoms with van der Waals surface area (Å²) in [6.07, 6.45) is 0.488. The van der Waals surface area contributed by atoms with Gasteiger partial charge in [-0.25, -0.2) is 9.59 Å². The fourth-order valence-electron chi connectivity index (χ4n) is 0.791. The fraction of sp³-hybridized carbons (Fsp3) is 0.600. The van der Waals surface area contributed by atoms with Crippen LogP contribution in [0.25, 0.3) is 0 Å². The van der Waals surface area contributed by atoms with Crippen LogP contribution in [-0.4, -0.2) is 42.4 Å². The van der Waals surface area contributed by atoms with Crippen molar-refractivity contribution in [1.82, 2.24) is 0 Å². The summed E-state index contributed by atoms with van der Waals surface area (Å²) >= 11 is 0. The highest BCUT2D eigenvalue weighted by Crippen LogP contribution is 1.95. The Morgan fingerprint density at radius 1 is 1.18 bits per heavy atom. The third-order valence-corrected chi connectivity index (χ3v) is 1.58. The number of carbonyl (C=O) groups excluding carboxylic acids is 2. The van der Waals surface area contributed by atoms with Gasteiger partial charge in [0.25, 0.3) is 0 Å². The normalized spacial score (nSPS) is 14.1. The highest BCUT2D eigenvalue weighted by Gasteiger charge is 2.08. The van der Waals surface area contributed by atoms with Crippen molar-refractivity contribution in [2.24, 2.45) is 5.18 Å². The van der Waals surface area contributed by atoms with Crippen molar-refractivity contribution in [1.29, 1.82) is 0 Å². The molecule has 0 aliphatic rings. The number of rotatable bonds is 7. The first-order valence-electron chi connectivity index (χ1n) is 4.98. The Morgan fingerprint density at radius 3 is 2.06 bits per heavy atom. The molecule has 0 aromatic rings. The number of nitroso groups, excluding NO2 is 1. The lowest BCUT2D eigenvalue weighted by atomic mass is 10.4. The van der Waals surface area contributed by atoms with Gasteiger partial charge in [-0.15, -0.1) is 0 Å². The molecule has 0 saturated carbocycles. The number of nitrogens with zero attached hydrogens (tertiary/aromatic N) is 1. The van der Waals surface area contributed by atoms with Crippen LogP contribution in [-0.2, 0) is 19.1 Å². The average molecular weight is 245 g/mol. The number of hydrogen-bond donors (Lipinski definition) is 1. The zero-order valence-electron chi connectivity index (χ0n) is 9.66. The molecule has 7 heteroatoms. The van der Waals surface area contributed by atoms with Crippen LogP contribution in [0.4, 0.5) is 0 Å². The second-order valence-electron chi connectivity index (χ2n) is 3.32. The lowest BCUT2D eigenvalue weighted by molar-refractivity contribution is -0.145. The van der Waals surface area contributed by atoms with Gasteiger partial charge in [-0.3, -0.25) is 0 Å².